The van der Waals surface area contributed by atoms with Crippen LogP contribution in [0.5, 0.6) is 0 Å². The summed E-state index contributed by atoms with van der Waals surface area (Å²) in [6.07, 6.45) is 7.77. The lowest BCUT2D eigenvalue weighted by molar-refractivity contribution is 0.192. The molecule has 1 saturated carbocycles. The van der Waals surface area contributed by atoms with Crippen molar-refractivity contribution in [2.75, 3.05) is 18.5 Å². The van der Waals surface area contributed by atoms with Gasteiger partial charge in [0.1, 0.15) is 5.82 Å². The summed E-state index contributed by atoms with van der Waals surface area (Å²) < 4.78 is 1.78. The van der Waals surface area contributed by atoms with Gasteiger partial charge in [0, 0.05) is 24.1 Å². The molecule has 26 heavy (non-hydrogen) atoms. The highest BCUT2D eigenvalue weighted by Crippen LogP contribution is 2.29. The van der Waals surface area contributed by atoms with Crippen molar-refractivity contribution in [2.45, 2.75) is 38.5 Å². The summed E-state index contributed by atoms with van der Waals surface area (Å²) in [5.41, 5.74) is 1.76. The van der Waals surface area contributed by atoms with E-state index in [1.807, 2.05) is 29.0 Å². The lowest BCUT2D eigenvalue weighted by atomic mass is 9.83. The van der Waals surface area contributed by atoms with Gasteiger partial charge in [-0.05, 0) is 41.8 Å². The van der Waals surface area contributed by atoms with Crippen LogP contribution in [0.2, 0.25) is 0 Å². The number of fused-ring (bicyclic) bond motifs is 1. The monoisotopic (exact) mass is 371 g/mol. The Morgan fingerprint density at radius 1 is 1.19 bits per heavy atom. The van der Waals surface area contributed by atoms with Gasteiger partial charge in [0.25, 0.3) is 0 Å². The van der Waals surface area contributed by atoms with Crippen molar-refractivity contribution >= 4 is 22.8 Å². The molecular weight excluding hydrogens is 346 g/mol. The molecule has 0 amide bonds. The van der Waals surface area contributed by atoms with Gasteiger partial charge in [0.05, 0.1) is 0 Å². The van der Waals surface area contributed by atoms with Crippen LogP contribution < -0.4 is 5.32 Å². The van der Waals surface area contributed by atoms with E-state index in [0.29, 0.717) is 0 Å². The molecule has 4 rings (SSSR count). The fourth-order valence-corrected chi connectivity index (χ4v) is 4.45. The molecule has 1 unspecified atom stereocenters. The molecule has 3 heterocycles. The Balaban J connectivity index is 1.44. The van der Waals surface area contributed by atoms with Gasteiger partial charge in [0.2, 0.25) is 0 Å². The van der Waals surface area contributed by atoms with Crippen LogP contribution in [0, 0.1) is 11.8 Å². The van der Waals surface area contributed by atoms with Crippen molar-refractivity contribution in [1.29, 1.82) is 0 Å². The van der Waals surface area contributed by atoms with Crippen molar-refractivity contribution < 1.29 is 5.11 Å². The first-order valence-electron chi connectivity index (χ1n) is 9.43. The molecule has 138 valence electrons. The van der Waals surface area contributed by atoms with E-state index in [4.69, 9.17) is 0 Å². The number of hydrogen-bond donors (Lipinski definition) is 2. The minimum absolute atomic E-state index is 0.221. The number of aromatic nitrogens is 4. The van der Waals surface area contributed by atoms with E-state index in [0.717, 1.165) is 41.7 Å². The summed E-state index contributed by atoms with van der Waals surface area (Å²) >= 11 is 1.63. The van der Waals surface area contributed by atoms with Crippen molar-refractivity contribution in [1.82, 2.24) is 19.8 Å². The second-order valence-electron chi connectivity index (χ2n) is 7.19. The van der Waals surface area contributed by atoms with E-state index in [-0.39, 0.29) is 12.5 Å². The highest BCUT2D eigenvalue weighted by atomic mass is 32.1. The number of rotatable bonds is 7. The van der Waals surface area contributed by atoms with Crippen molar-refractivity contribution in [3.63, 3.8) is 0 Å². The summed E-state index contributed by atoms with van der Waals surface area (Å²) in [6.45, 7) is 0.958. The summed E-state index contributed by atoms with van der Waals surface area (Å²) in [4.78, 5) is 0. The molecule has 1 fully saturated rings. The van der Waals surface area contributed by atoms with Crippen LogP contribution >= 0.6 is 11.3 Å². The molecule has 6 nitrogen and oxygen atoms in total. The van der Waals surface area contributed by atoms with Gasteiger partial charge >= 0.3 is 0 Å². The minimum atomic E-state index is 0.221. The Labute approximate surface area is 157 Å². The molecule has 2 N–H and O–H groups in total. The third-order valence-electron chi connectivity index (χ3n) is 5.26. The second-order valence-corrected chi connectivity index (χ2v) is 7.97. The summed E-state index contributed by atoms with van der Waals surface area (Å²) in [5, 5.41) is 30.3. The molecule has 3 aromatic rings. The predicted molar refractivity (Wildman–Crippen MR) is 104 cm³/mol. The van der Waals surface area contributed by atoms with E-state index in [1.54, 1.807) is 15.9 Å². The number of aliphatic hydroxyl groups is 1. The van der Waals surface area contributed by atoms with Crippen LogP contribution in [0.3, 0.4) is 0 Å². The Kier molecular flexibility index (Phi) is 5.45. The Hall–Kier alpha value is -1.99. The quantitative estimate of drug-likeness (QED) is 0.660. The fourth-order valence-electron chi connectivity index (χ4n) is 3.82. The highest BCUT2D eigenvalue weighted by molar-refractivity contribution is 7.08. The smallest absolute Gasteiger partial charge is 0.186 e. The number of thiophene rings is 1. The molecule has 3 aromatic heterocycles. The molecule has 0 bridgehead atoms. The zero-order valence-electron chi connectivity index (χ0n) is 14.8. The Morgan fingerprint density at radius 3 is 2.85 bits per heavy atom. The predicted octanol–water partition coefficient (Wildman–Crippen LogP) is 3.84. The van der Waals surface area contributed by atoms with Gasteiger partial charge in [0.15, 0.2) is 11.5 Å². The molecule has 0 aliphatic heterocycles. The molecule has 1 aliphatic carbocycles. The number of hydrogen-bond acceptors (Lipinski definition) is 6. The number of aliphatic hydroxyl groups excluding tert-OH is 1. The molecule has 7 heteroatoms. The second kappa shape index (κ2) is 8.14. The summed E-state index contributed by atoms with van der Waals surface area (Å²) in [6, 6.07) is 5.87. The third kappa shape index (κ3) is 3.88. The molecular formula is C19H25N5OS. The molecule has 0 spiro atoms. The van der Waals surface area contributed by atoms with Crippen molar-refractivity contribution in [3.05, 3.63) is 29.0 Å². The highest BCUT2D eigenvalue weighted by Gasteiger charge is 2.19. The van der Waals surface area contributed by atoms with E-state index in [1.165, 1.54) is 32.1 Å². The fraction of sp³-hybridized carbons (Fsp3) is 0.526. The number of nitrogens with one attached hydrogen (secondary N) is 1. The minimum Gasteiger partial charge on any atom is -0.396 e. The van der Waals surface area contributed by atoms with Crippen LogP contribution in [0.15, 0.2) is 29.0 Å². The lowest BCUT2D eigenvalue weighted by Crippen LogP contribution is -2.23. The van der Waals surface area contributed by atoms with E-state index in [9.17, 15) is 5.11 Å². The summed E-state index contributed by atoms with van der Waals surface area (Å²) in [5.74, 6) is 2.58. The molecule has 0 aromatic carbocycles. The third-order valence-corrected chi connectivity index (χ3v) is 5.95. The van der Waals surface area contributed by atoms with Crippen molar-refractivity contribution in [2.24, 2.45) is 11.8 Å². The zero-order valence-corrected chi connectivity index (χ0v) is 15.7. The van der Waals surface area contributed by atoms with Crippen LogP contribution in [0.4, 0.5) is 5.82 Å². The Morgan fingerprint density at radius 2 is 2.08 bits per heavy atom. The molecule has 0 saturated heterocycles. The van der Waals surface area contributed by atoms with Gasteiger partial charge in [-0.3, -0.25) is 0 Å². The van der Waals surface area contributed by atoms with Gasteiger partial charge in [-0.15, -0.1) is 15.3 Å². The topological polar surface area (TPSA) is 75.3 Å². The molecule has 0 radical (unpaired) electrons. The van der Waals surface area contributed by atoms with E-state index < -0.39 is 0 Å². The first-order valence-corrected chi connectivity index (χ1v) is 10.4. The van der Waals surface area contributed by atoms with Crippen LogP contribution in [0.1, 0.15) is 38.5 Å². The SMILES string of the molecule is OCC(CNc1ccc2nnc(-c3ccsc3)n2n1)CC1CCCCC1. The van der Waals surface area contributed by atoms with Gasteiger partial charge in [-0.1, -0.05) is 32.1 Å². The normalized spacial score (nSPS) is 16.8. The standard InChI is InChI=1S/C19H25N5OS/c25-12-15(10-14-4-2-1-3-5-14)11-20-17-6-7-18-21-22-19(24(18)23-17)16-8-9-26-13-16/h6-9,13-15,25H,1-5,10-12H2,(H,20,23). The van der Waals surface area contributed by atoms with E-state index in [2.05, 4.69) is 20.6 Å². The van der Waals surface area contributed by atoms with Crippen molar-refractivity contribution in [3.8, 4) is 11.4 Å². The average Bonchev–Trinajstić information content (AvgIpc) is 3.35. The number of anilines is 1. The van der Waals surface area contributed by atoms with Crippen LogP contribution in [0.25, 0.3) is 17.0 Å². The van der Waals surface area contributed by atoms with Gasteiger partial charge in [-0.25, -0.2) is 0 Å². The van der Waals surface area contributed by atoms with Crippen LogP contribution in [-0.4, -0.2) is 38.1 Å². The maximum atomic E-state index is 9.76. The first kappa shape index (κ1) is 17.4. The maximum absolute atomic E-state index is 9.76. The van der Waals surface area contributed by atoms with Crippen LogP contribution in [-0.2, 0) is 0 Å². The largest absolute Gasteiger partial charge is 0.396 e. The van der Waals surface area contributed by atoms with E-state index >= 15 is 0 Å². The number of nitrogens with zero attached hydrogens (tertiary/aromatic N) is 4. The maximum Gasteiger partial charge on any atom is 0.186 e. The van der Waals surface area contributed by atoms with Gasteiger partial charge < -0.3 is 10.4 Å². The summed E-state index contributed by atoms with van der Waals surface area (Å²) in [7, 11) is 0. The first-order chi connectivity index (χ1) is 12.8. The molecule has 1 atom stereocenters. The van der Waals surface area contributed by atoms with Gasteiger partial charge in [-0.2, -0.15) is 15.9 Å². The molecule has 1 aliphatic rings. The Bertz CT molecular complexity index is 826. The lowest BCUT2D eigenvalue weighted by Gasteiger charge is -2.25. The average molecular weight is 372 g/mol. The zero-order chi connectivity index (χ0) is 17.8.